The molecule has 0 radical (unpaired) electrons. The van der Waals surface area contributed by atoms with Crippen LogP contribution in [-0.4, -0.2) is 47.6 Å². The highest BCUT2D eigenvalue weighted by molar-refractivity contribution is 6.32. The fraction of sp³-hybridized carbons (Fsp3) is 0.353. The number of H-pyrrole nitrogens is 1. The van der Waals surface area contributed by atoms with Crippen LogP contribution in [0.1, 0.15) is 18.0 Å². The molecule has 1 aliphatic rings. The number of ether oxygens (including phenoxy) is 2. The molecule has 2 aromatic heterocycles. The van der Waals surface area contributed by atoms with Crippen LogP contribution in [0.15, 0.2) is 22.7 Å². The molecule has 136 valence electrons. The Morgan fingerprint density at radius 2 is 2.12 bits per heavy atom. The van der Waals surface area contributed by atoms with Gasteiger partial charge in [-0.25, -0.2) is 0 Å². The van der Waals surface area contributed by atoms with Crippen molar-refractivity contribution in [2.24, 2.45) is 0 Å². The van der Waals surface area contributed by atoms with Crippen molar-refractivity contribution in [2.45, 2.75) is 12.3 Å². The number of rotatable bonds is 5. The van der Waals surface area contributed by atoms with Crippen LogP contribution in [0.25, 0.3) is 23.0 Å². The van der Waals surface area contributed by atoms with E-state index in [0.717, 1.165) is 25.2 Å². The van der Waals surface area contributed by atoms with Crippen molar-refractivity contribution < 1.29 is 14.0 Å². The number of hydrogen-bond acceptors (Lipinski definition) is 7. The molecule has 2 N–H and O–H groups in total. The van der Waals surface area contributed by atoms with E-state index in [1.807, 2.05) is 6.07 Å². The second kappa shape index (κ2) is 6.97. The molecule has 4 rings (SSSR count). The second-order valence-electron chi connectivity index (χ2n) is 6.01. The van der Waals surface area contributed by atoms with Crippen LogP contribution in [0.3, 0.4) is 0 Å². The molecule has 0 saturated carbocycles. The van der Waals surface area contributed by atoms with E-state index in [2.05, 4.69) is 25.7 Å². The van der Waals surface area contributed by atoms with Crippen LogP contribution < -0.4 is 14.8 Å². The van der Waals surface area contributed by atoms with Crippen LogP contribution in [0.2, 0.25) is 5.02 Å². The minimum atomic E-state index is 0.347. The molecule has 1 atom stereocenters. The topological polar surface area (TPSA) is 98.1 Å². The summed E-state index contributed by atoms with van der Waals surface area (Å²) in [4.78, 5) is 4.43. The lowest BCUT2D eigenvalue weighted by Gasteiger charge is -2.10. The summed E-state index contributed by atoms with van der Waals surface area (Å²) in [6.45, 7) is 1.96. The van der Waals surface area contributed by atoms with Gasteiger partial charge in [-0.15, -0.1) is 0 Å². The lowest BCUT2D eigenvalue weighted by Crippen LogP contribution is -2.08. The first-order valence-corrected chi connectivity index (χ1v) is 8.59. The van der Waals surface area contributed by atoms with E-state index in [-0.39, 0.29) is 0 Å². The second-order valence-corrected chi connectivity index (χ2v) is 6.42. The highest BCUT2D eigenvalue weighted by Gasteiger charge is 2.21. The summed E-state index contributed by atoms with van der Waals surface area (Å²) in [5.41, 5.74) is 2.36. The Labute approximate surface area is 154 Å². The predicted octanol–water partition coefficient (Wildman–Crippen LogP) is 2.87. The zero-order valence-corrected chi connectivity index (χ0v) is 15.1. The van der Waals surface area contributed by atoms with E-state index < -0.39 is 0 Å². The zero-order chi connectivity index (χ0) is 18.1. The largest absolute Gasteiger partial charge is 0.493 e. The fourth-order valence-corrected chi connectivity index (χ4v) is 3.36. The van der Waals surface area contributed by atoms with Gasteiger partial charge in [0, 0.05) is 23.7 Å². The van der Waals surface area contributed by atoms with Crippen molar-refractivity contribution in [1.82, 2.24) is 25.7 Å². The Hall–Kier alpha value is -2.58. The van der Waals surface area contributed by atoms with Gasteiger partial charge >= 0.3 is 0 Å². The van der Waals surface area contributed by atoms with Gasteiger partial charge in [0.1, 0.15) is 0 Å². The summed E-state index contributed by atoms with van der Waals surface area (Å²) in [6.07, 6.45) is 1.08. The van der Waals surface area contributed by atoms with E-state index in [1.54, 1.807) is 19.2 Å². The van der Waals surface area contributed by atoms with Gasteiger partial charge in [-0.3, -0.25) is 5.10 Å². The van der Waals surface area contributed by atoms with Gasteiger partial charge in [0.2, 0.25) is 5.82 Å². The smallest absolute Gasteiger partial charge is 0.278 e. The number of nitrogens with one attached hydrogen (secondary N) is 2. The minimum Gasteiger partial charge on any atom is -0.493 e. The third-order valence-electron chi connectivity index (χ3n) is 4.43. The summed E-state index contributed by atoms with van der Waals surface area (Å²) < 4.78 is 15.9. The highest BCUT2D eigenvalue weighted by Crippen LogP contribution is 2.38. The number of halogens is 1. The third-order valence-corrected chi connectivity index (χ3v) is 4.72. The number of aromatic nitrogens is 4. The van der Waals surface area contributed by atoms with Gasteiger partial charge in [-0.05, 0) is 31.2 Å². The summed E-state index contributed by atoms with van der Waals surface area (Å²) in [5, 5.41) is 15.1. The SMILES string of the molecule is COc1cc(-c2noc(-c3cc(C4CCNC4)[nH]n3)n2)cc(Cl)c1OC. The third kappa shape index (κ3) is 3.02. The Morgan fingerprint density at radius 3 is 2.85 bits per heavy atom. The molecule has 0 amide bonds. The number of nitrogens with zero attached hydrogens (tertiary/aromatic N) is 3. The molecule has 3 aromatic rings. The number of aromatic amines is 1. The molecule has 1 fully saturated rings. The standard InChI is InChI=1S/C17H18ClN5O3/c1-24-14-6-10(5-11(18)15(14)25-2)16-20-17(26-23-16)13-7-12(21-22-13)9-3-4-19-8-9/h5-7,9,19H,3-4,8H2,1-2H3,(H,21,22). The van der Waals surface area contributed by atoms with E-state index in [9.17, 15) is 0 Å². The van der Waals surface area contributed by atoms with Crippen LogP contribution in [-0.2, 0) is 0 Å². The summed E-state index contributed by atoms with van der Waals surface area (Å²) in [5.74, 6) is 2.14. The Morgan fingerprint density at radius 1 is 1.23 bits per heavy atom. The molecular weight excluding hydrogens is 358 g/mol. The molecular formula is C17H18ClN5O3. The van der Waals surface area contributed by atoms with Crippen molar-refractivity contribution in [1.29, 1.82) is 0 Å². The quantitative estimate of drug-likeness (QED) is 0.707. The molecule has 26 heavy (non-hydrogen) atoms. The zero-order valence-electron chi connectivity index (χ0n) is 14.4. The van der Waals surface area contributed by atoms with E-state index in [0.29, 0.717) is 45.4 Å². The average molecular weight is 376 g/mol. The summed E-state index contributed by atoms with van der Waals surface area (Å²) in [7, 11) is 3.08. The molecule has 0 aliphatic carbocycles. The Bertz CT molecular complexity index is 917. The van der Waals surface area contributed by atoms with Crippen molar-refractivity contribution in [3.8, 4) is 34.5 Å². The molecule has 8 nitrogen and oxygen atoms in total. The molecule has 1 aromatic carbocycles. The lowest BCUT2D eigenvalue weighted by atomic mass is 10.1. The summed E-state index contributed by atoms with van der Waals surface area (Å²) in [6, 6.07) is 5.41. The normalized spacial score (nSPS) is 16.8. The van der Waals surface area contributed by atoms with Gasteiger partial charge in [-0.1, -0.05) is 16.8 Å². The van der Waals surface area contributed by atoms with Crippen LogP contribution >= 0.6 is 11.6 Å². The Kier molecular flexibility index (Phi) is 4.52. The van der Waals surface area contributed by atoms with E-state index >= 15 is 0 Å². The van der Waals surface area contributed by atoms with E-state index in [1.165, 1.54) is 7.11 Å². The maximum absolute atomic E-state index is 6.25. The molecule has 9 heteroatoms. The van der Waals surface area contributed by atoms with Gasteiger partial charge in [0.15, 0.2) is 17.2 Å². The first-order valence-electron chi connectivity index (χ1n) is 8.21. The number of benzene rings is 1. The Balaban J connectivity index is 1.63. The number of hydrogen-bond donors (Lipinski definition) is 2. The van der Waals surface area contributed by atoms with E-state index in [4.69, 9.17) is 25.6 Å². The van der Waals surface area contributed by atoms with Crippen LogP contribution in [0.5, 0.6) is 11.5 Å². The van der Waals surface area contributed by atoms with Gasteiger partial charge < -0.3 is 19.3 Å². The monoisotopic (exact) mass is 375 g/mol. The molecule has 1 aliphatic heterocycles. The summed E-state index contributed by atoms with van der Waals surface area (Å²) >= 11 is 6.25. The van der Waals surface area contributed by atoms with Crippen molar-refractivity contribution in [3.63, 3.8) is 0 Å². The minimum absolute atomic E-state index is 0.347. The van der Waals surface area contributed by atoms with Crippen molar-refractivity contribution in [2.75, 3.05) is 27.3 Å². The fourth-order valence-electron chi connectivity index (χ4n) is 3.07. The van der Waals surface area contributed by atoms with Gasteiger partial charge in [0.05, 0.1) is 19.2 Å². The predicted molar refractivity (Wildman–Crippen MR) is 95.7 cm³/mol. The highest BCUT2D eigenvalue weighted by atomic mass is 35.5. The molecule has 1 unspecified atom stereocenters. The molecule has 3 heterocycles. The molecule has 0 bridgehead atoms. The first kappa shape index (κ1) is 16.9. The lowest BCUT2D eigenvalue weighted by molar-refractivity contribution is 0.355. The molecule has 0 spiro atoms. The maximum Gasteiger partial charge on any atom is 0.278 e. The van der Waals surface area contributed by atoms with Gasteiger partial charge in [-0.2, -0.15) is 10.1 Å². The average Bonchev–Trinajstić information content (AvgIpc) is 3.41. The van der Waals surface area contributed by atoms with Crippen LogP contribution in [0.4, 0.5) is 0 Å². The van der Waals surface area contributed by atoms with Crippen molar-refractivity contribution >= 4 is 11.6 Å². The van der Waals surface area contributed by atoms with Gasteiger partial charge in [0.25, 0.3) is 5.89 Å². The first-order chi connectivity index (χ1) is 12.7. The van der Waals surface area contributed by atoms with Crippen LogP contribution in [0, 0.1) is 0 Å². The molecule has 1 saturated heterocycles. The number of methoxy groups -OCH3 is 2. The van der Waals surface area contributed by atoms with Crippen molar-refractivity contribution in [3.05, 3.63) is 28.9 Å². The maximum atomic E-state index is 6.25.